The van der Waals surface area contributed by atoms with Crippen LogP contribution in [0.2, 0.25) is 5.02 Å². The third kappa shape index (κ3) is 2.14. The molecule has 1 aromatic carbocycles. The Bertz CT molecular complexity index is 552. The van der Waals surface area contributed by atoms with Crippen LogP contribution in [0.5, 0.6) is 0 Å². The zero-order valence-corrected chi connectivity index (χ0v) is 11.2. The highest BCUT2D eigenvalue weighted by atomic mass is 35.5. The van der Waals surface area contributed by atoms with Gasteiger partial charge in [0.1, 0.15) is 5.76 Å². The second-order valence-corrected chi connectivity index (χ2v) is 5.25. The van der Waals surface area contributed by atoms with Gasteiger partial charge >= 0.3 is 0 Å². The lowest BCUT2D eigenvalue weighted by Gasteiger charge is -2.22. The molecular weight excluding hydrogens is 248 g/mol. The van der Waals surface area contributed by atoms with Gasteiger partial charge in [-0.2, -0.15) is 0 Å². The van der Waals surface area contributed by atoms with Crippen molar-refractivity contribution < 1.29 is 4.42 Å². The summed E-state index contributed by atoms with van der Waals surface area (Å²) < 4.78 is 5.96. The van der Waals surface area contributed by atoms with E-state index in [4.69, 9.17) is 16.0 Å². The van der Waals surface area contributed by atoms with Gasteiger partial charge in [-0.1, -0.05) is 23.7 Å². The van der Waals surface area contributed by atoms with Crippen molar-refractivity contribution in [2.45, 2.75) is 12.5 Å². The summed E-state index contributed by atoms with van der Waals surface area (Å²) in [5.74, 6) is 1.02. The van der Waals surface area contributed by atoms with Crippen LogP contribution in [-0.4, -0.2) is 31.6 Å². The van der Waals surface area contributed by atoms with Crippen molar-refractivity contribution in [3.05, 3.63) is 35.0 Å². The maximum atomic E-state index is 6.16. The van der Waals surface area contributed by atoms with Gasteiger partial charge in [0, 0.05) is 18.5 Å². The Kier molecular flexibility index (Phi) is 3.29. The van der Waals surface area contributed by atoms with Gasteiger partial charge in [-0.15, -0.1) is 0 Å². The van der Waals surface area contributed by atoms with Crippen LogP contribution in [0.1, 0.15) is 18.2 Å². The van der Waals surface area contributed by atoms with Gasteiger partial charge in [-0.3, -0.25) is 4.90 Å². The first kappa shape index (κ1) is 12.0. The number of likely N-dealkylation sites (N-methyl/N-ethyl adjacent to an activating group) is 1. The lowest BCUT2D eigenvalue weighted by molar-refractivity contribution is 0.229. The van der Waals surface area contributed by atoms with Crippen LogP contribution < -0.4 is 5.32 Å². The molecular formula is C14H17ClN2O. The molecule has 1 aromatic heterocycles. The molecule has 1 saturated heterocycles. The van der Waals surface area contributed by atoms with E-state index in [-0.39, 0.29) is 0 Å². The van der Waals surface area contributed by atoms with Crippen molar-refractivity contribution in [1.29, 1.82) is 0 Å². The summed E-state index contributed by atoms with van der Waals surface area (Å²) in [4.78, 5) is 2.34. The SMILES string of the molecule is CN1CCNCCC1c1cc2cccc(Cl)c2o1. The number of hydrogen-bond acceptors (Lipinski definition) is 3. The first-order chi connectivity index (χ1) is 8.75. The number of rotatable bonds is 1. The Balaban J connectivity index is 2.00. The molecule has 0 radical (unpaired) electrons. The second kappa shape index (κ2) is 4.92. The molecule has 0 spiro atoms. The van der Waals surface area contributed by atoms with E-state index in [1.54, 1.807) is 0 Å². The van der Waals surface area contributed by atoms with E-state index in [1.165, 1.54) is 0 Å². The lowest BCUT2D eigenvalue weighted by Crippen LogP contribution is -2.26. The van der Waals surface area contributed by atoms with Gasteiger partial charge in [0.2, 0.25) is 0 Å². The molecule has 0 saturated carbocycles. The fourth-order valence-corrected chi connectivity index (χ4v) is 2.79. The Morgan fingerprint density at radius 3 is 3.11 bits per heavy atom. The van der Waals surface area contributed by atoms with Crippen LogP contribution in [-0.2, 0) is 0 Å². The standard InChI is InChI=1S/C14H17ClN2O/c1-17-8-7-16-6-5-12(17)13-9-10-3-2-4-11(15)14(10)18-13/h2-4,9,12,16H,5-8H2,1H3. The molecule has 4 heteroatoms. The highest BCUT2D eigenvalue weighted by Crippen LogP contribution is 2.32. The summed E-state index contributed by atoms with van der Waals surface area (Å²) in [6.45, 7) is 3.10. The minimum absolute atomic E-state index is 0.337. The van der Waals surface area contributed by atoms with Gasteiger partial charge in [-0.25, -0.2) is 0 Å². The van der Waals surface area contributed by atoms with Crippen LogP contribution in [0.4, 0.5) is 0 Å². The molecule has 0 aliphatic carbocycles. The smallest absolute Gasteiger partial charge is 0.152 e. The summed E-state index contributed by atoms with van der Waals surface area (Å²) in [6.07, 6.45) is 1.06. The van der Waals surface area contributed by atoms with E-state index in [1.807, 2.05) is 18.2 Å². The average molecular weight is 265 g/mol. The molecule has 1 aliphatic rings. The van der Waals surface area contributed by atoms with Crippen LogP contribution in [0.3, 0.4) is 0 Å². The highest BCUT2D eigenvalue weighted by molar-refractivity contribution is 6.34. The zero-order valence-electron chi connectivity index (χ0n) is 10.4. The van der Waals surface area contributed by atoms with Crippen molar-refractivity contribution in [2.75, 3.05) is 26.7 Å². The molecule has 0 amide bonds. The average Bonchev–Trinajstić information content (AvgIpc) is 2.67. The summed E-state index contributed by atoms with van der Waals surface area (Å²) in [7, 11) is 2.15. The summed E-state index contributed by atoms with van der Waals surface area (Å²) in [5.41, 5.74) is 0.805. The predicted octanol–water partition coefficient (Wildman–Crippen LogP) is 3.05. The van der Waals surface area contributed by atoms with E-state index >= 15 is 0 Å². The molecule has 0 bridgehead atoms. The van der Waals surface area contributed by atoms with Crippen LogP contribution in [0.15, 0.2) is 28.7 Å². The van der Waals surface area contributed by atoms with Gasteiger partial charge < -0.3 is 9.73 Å². The Morgan fingerprint density at radius 1 is 1.39 bits per heavy atom. The second-order valence-electron chi connectivity index (χ2n) is 4.84. The monoisotopic (exact) mass is 264 g/mol. The third-order valence-corrected chi connectivity index (χ3v) is 3.91. The van der Waals surface area contributed by atoms with Crippen molar-refractivity contribution in [3.63, 3.8) is 0 Å². The number of benzene rings is 1. The minimum atomic E-state index is 0.337. The molecule has 1 aliphatic heterocycles. The van der Waals surface area contributed by atoms with Gasteiger partial charge in [0.15, 0.2) is 5.58 Å². The van der Waals surface area contributed by atoms with Gasteiger partial charge in [0.05, 0.1) is 11.1 Å². The zero-order chi connectivity index (χ0) is 12.5. The molecule has 1 unspecified atom stereocenters. The third-order valence-electron chi connectivity index (χ3n) is 3.61. The van der Waals surface area contributed by atoms with E-state index < -0.39 is 0 Å². The predicted molar refractivity (Wildman–Crippen MR) is 74.1 cm³/mol. The number of hydrogen-bond donors (Lipinski definition) is 1. The quantitative estimate of drug-likeness (QED) is 0.858. The maximum absolute atomic E-state index is 6.16. The molecule has 2 heterocycles. The topological polar surface area (TPSA) is 28.4 Å². The van der Waals surface area contributed by atoms with Gasteiger partial charge in [0.25, 0.3) is 0 Å². The van der Waals surface area contributed by atoms with Crippen molar-refractivity contribution in [3.8, 4) is 0 Å². The number of para-hydroxylation sites is 1. The summed E-state index contributed by atoms with van der Waals surface area (Å²) in [5, 5.41) is 5.19. The Labute approximate surface area is 112 Å². The maximum Gasteiger partial charge on any atom is 0.152 e. The first-order valence-electron chi connectivity index (χ1n) is 6.34. The van der Waals surface area contributed by atoms with Crippen LogP contribution >= 0.6 is 11.6 Å². The number of furan rings is 1. The minimum Gasteiger partial charge on any atom is -0.458 e. The largest absolute Gasteiger partial charge is 0.458 e. The summed E-state index contributed by atoms with van der Waals surface area (Å²) >= 11 is 6.16. The van der Waals surface area contributed by atoms with E-state index in [9.17, 15) is 0 Å². The van der Waals surface area contributed by atoms with Crippen LogP contribution in [0, 0.1) is 0 Å². The molecule has 96 valence electrons. The van der Waals surface area contributed by atoms with Crippen molar-refractivity contribution in [2.24, 2.45) is 0 Å². The molecule has 3 rings (SSSR count). The van der Waals surface area contributed by atoms with E-state index in [2.05, 4.69) is 23.3 Å². The molecule has 3 nitrogen and oxygen atoms in total. The van der Waals surface area contributed by atoms with Crippen molar-refractivity contribution in [1.82, 2.24) is 10.2 Å². The van der Waals surface area contributed by atoms with Crippen molar-refractivity contribution >= 4 is 22.6 Å². The number of nitrogens with zero attached hydrogens (tertiary/aromatic N) is 1. The number of fused-ring (bicyclic) bond motifs is 1. The van der Waals surface area contributed by atoms with Crippen LogP contribution in [0.25, 0.3) is 11.0 Å². The summed E-state index contributed by atoms with van der Waals surface area (Å²) in [6, 6.07) is 8.33. The molecule has 18 heavy (non-hydrogen) atoms. The van der Waals surface area contributed by atoms with E-state index in [0.717, 1.165) is 42.8 Å². The molecule has 2 aromatic rings. The fraction of sp³-hybridized carbons (Fsp3) is 0.429. The fourth-order valence-electron chi connectivity index (χ4n) is 2.57. The number of halogens is 1. The Morgan fingerprint density at radius 2 is 2.28 bits per heavy atom. The lowest BCUT2D eigenvalue weighted by atomic mass is 10.1. The van der Waals surface area contributed by atoms with E-state index in [0.29, 0.717) is 11.1 Å². The highest BCUT2D eigenvalue weighted by Gasteiger charge is 2.22. The first-order valence-corrected chi connectivity index (χ1v) is 6.72. The van der Waals surface area contributed by atoms with Gasteiger partial charge in [-0.05, 0) is 32.1 Å². The Hall–Kier alpha value is -1.03. The molecule has 1 N–H and O–H groups in total. The molecule has 1 atom stereocenters. The molecule has 1 fully saturated rings. The normalized spacial score (nSPS) is 22.2. The number of nitrogens with one attached hydrogen (secondary N) is 1.